The van der Waals surface area contributed by atoms with Crippen molar-refractivity contribution in [1.82, 2.24) is 0 Å². The zero-order chi connectivity index (χ0) is 13.4. The second-order valence-electron chi connectivity index (χ2n) is 5.99. The Morgan fingerprint density at radius 1 is 1.22 bits per heavy atom. The summed E-state index contributed by atoms with van der Waals surface area (Å²) in [6.07, 6.45) is 6.33. The number of alkyl halides is 1. The van der Waals surface area contributed by atoms with Crippen molar-refractivity contribution in [2.45, 2.75) is 58.5 Å². The molecule has 0 heterocycles. The van der Waals surface area contributed by atoms with E-state index in [9.17, 15) is 0 Å². The van der Waals surface area contributed by atoms with Crippen molar-refractivity contribution in [1.29, 1.82) is 0 Å². The van der Waals surface area contributed by atoms with Gasteiger partial charge in [-0.15, -0.1) is 0 Å². The average molecular weight is 321 g/mol. The smallest absolute Gasteiger partial charge is 0.0780 e. The van der Waals surface area contributed by atoms with Crippen molar-refractivity contribution in [3.63, 3.8) is 0 Å². The van der Waals surface area contributed by atoms with Crippen LogP contribution in [0.3, 0.4) is 0 Å². The van der Waals surface area contributed by atoms with Crippen LogP contribution in [-0.4, -0.2) is 30.8 Å². The van der Waals surface area contributed by atoms with E-state index < -0.39 is 0 Å². The lowest BCUT2D eigenvalue weighted by molar-refractivity contribution is -0.0804. The lowest BCUT2D eigenvalue weighted by atomic mass is 9.79. The van der Waals surface area contributed by atoms with E-state index in [0.717, 1.165) is 31.1 Å². The third-order valence-electron chi connectivity index (χ3n) is 3.92. The Morgan fingerprint density at radius 3 is 2.39 bits per heavy atom. The maximum absolute atomic E-state index is 6.12. The molecule has 0 radical (unpaired) electrons. The summed E-state index contributed by atoms with van der Waals surface area (Å²) in [6.45, 7) is 8.94. The molecule has 1 saturated carbocycles. The summed E-state index contributed by atoms with van der Waals surface area (Å²) in [5.74, 6) is 1.52. The Hall–Kier alpha value is 0.400. The van der Waals surface area contributed by atoms with Crippen LogP contribution in [0.1, 0.15) is 52.9 Å². The van der Waals surface area contributed by atoms with Crippen LogP contribution in [-0.2, 0) is 9.47 Å². The molecule has 3 heteroatoms. The van der Waals surface area contributed by atoms with Gasteiger partial charge in [0, 0.05) is 11.9 Å². The monoisotopic (exact) mass is 320 g/mol. The normalized spacial score (nSPS) is 28.8. The largest absolute Gasteiger partial charge is 0.379 e. The molecule has 18 heavy (non-hydrogen) atoms. The van der Waals surface area contributed by atoms with Crippen LogP contribution in [0.4, 0.5) is 0 Å². The predicted molar refractivity (Wildman–Crippen MR) is 80.4 cm³/mol. The van der Waals surface area contributed by atoms with E-state index in [0.29, 0.717) is 5.92 Å². The van der Waals surface area contributed by atoms with Crippen LogP contribution in [0.2, 0.25) is 0 Å². The van der Waals surface area contributed by atoms with Gasteiger partial charge < -0.3 is 9.47 Å². The number of hydrogen-bond donors (Lipinski definition) is 0. The predicted octanol–water partition coefficient (Wildman–Crippen LogP) is 4.41. The van der Waals surface area contributed by atoms with E-state index in [4.69, 9.17) is 9.47 Å². The van der Waals surface area contributed by atoms with Crippen molar-refractivity contribution in [2.75, 3.05) is 25.2 Å². The van der Waals surface area contributed by atoms with E-state index in [-0.39, 0.29) is 5.60 Å². The van der Waals surface area contributed by atoms with Crippen LogP contribution >= 0.6 is 15.9 Å². The molecule has 1 fully saturated rings. The Balaban J connectivity index is 2.21. The number of halogens is 1. The van der Waals surface area contributed by atoms with Crippen LogP contribution in [0.15, 0.2) is 0 Å². The number of hydrogen-bond acceptors (Lipinski definition) is 2. The Labute approximate surface area is 121 Å². The van der Waals surface area contributed by atoms with Crippen LogP contribution in [0.25, 0.3) is 0 Å². The highest BCUT2D eigenvalue weighted by Crippen LogP contribution is 2.37. The fraction of sp³-hybridized carbons (Fsp3) is 1.00. The molecule has 0 saturated heterocycles. The molecule has 1 aliphatic carbocycles. The first-order valence-electron chi connectivity index (χ1n) is 7.39. The lowest BCUT2D eigenvalue weighted by Crippen LogP contribution is -2.39. The topological polar surface area (TPSA) is 18.5 Å². The molecule has 1 rings (SSSR count). The van der Waals surface area contributed by atoms with Gasteiger partial charge in [-0.2, -0.15) is 0 Å². The number of rotatable bonds is 8. The van der Waals surface area contributed by atoms with Crippen LogP contribution in [0, 0.1) is 11.8 Å². The Bertz CT molecular complexity index is 211. The fourth-order valence-corrected chi connectivity index (χ4v) is 3.29. The maximum atomic E-state index is 6.12. The average Bonchev–Trinajstić information content (AvgIpc) is 2.38. The molecule has 1 aliphatic rings. The van der Waals surface area contributed by atoms with E-state index in [2.05, 4.69) is 36.7 Å². The summed E-state index contributed by atoms with van der Waals surface area (Å²) in [6, 6.07) is 0. The van der Waals surface area contributed by atoms with Gasteiger partial charge >= 0.3 is 0 Å². The second kappa shape index (κ2) is 8.55. The van der Waals surface area contributed by atoms with Gasteiger partial charge in [-0.05, 0) is 37.5 Å². The minimum atomic E-state index is 0.0763. The molecule has 108 valence electrons. The standard InChI is InChI=1S/C15H29BrO2/c1-4-14-5-7-15(12-16,8-6-14)18-10-9-17-11-13(2)3/h13-14H,4-12H2,1-3H3. The third-order valence-corrected chi connectivity index (χ3v) is 4.95. The maximum Gasteiger partial charge on any atom is 0.0780 e. The van der Waals surface area contributed by atoms with E-state index >= 15 is 0 Å². The quantitative estimate of drug-likeness (QED) is 0.487. The van der Waals surface area contributed by atoms with Crippen molar-refractivity contribution in [2.24, 2.45) is 11.8 Å². The van der Waals surface area contributed by atoms with Gasteiger partial charge in [0.15, 0.2) is 0 Å². The molecule has 0 atom stereocenters. The summed E-state index contributed by atoms with van der Waals surface area (Å²) in [7, 11) is 0. The van der Waals surface area contributed by atoms with Gasteiger partial charge in [-0.25, -0.2) is 0 Å². The van der Waals surface area contributed by atoms with Gasteiger partial charge in [-0.3, -0.25) is 0 Å². The summed E-state index contributed by atoms with van der Waals surface area (Å²) < 4.78 is 11.7. The van der Waals surface area contributed by atoms with Crippen molar-refractivity contribution < 1.29 is 9.47 Å². The molecular formula is C15H29BrO2. The molecular weight excluding hydrogens is 292 g/mol. The first-order chi connectivity index (χ1) is 8.62. The van der Waals surface area contributed by atoms with Gasteiger partial charge in [0.1, 0.15) is 0 Å². The highest BCUT2D eigenvalue weighted by molar-refractivity contribution is 9.09. The summed E-state index contributed by atoms with van der Waals surface area (Å²) in [5, 5.41) is 0.959. The van der Waals surface area contributed by atoms with Crippen molar-refractivity contribution >= 4 is 15.9 Å². The lowest BCUT2D eigenvalue weighted by Gasteiger charge is -2.38. The minimum Gasteiger partial charge on any atom is -0.379 e. The molecule has 0 aliphatic heterocycles. The summed E-state index contributed by atoms with van der Waals surface area (Å²) in [4.78, 5) is 0. The SMILES string of the molecule is CCC1CCC(CBr)(OCCOCC(C)C)CC1. The van der Waals surface area contributed by atoms with E-state index in [1.165, 1.54) is 32.1 Å². The van der Waals surface area contributed by atoms with E-state index in [1.807, 2.05) is 0 Å². The van der Waals surface area contributed by atoms with Gasteiger partial charge in [0.2, 0.25) is 0 Å². The third kappa shape index (κ3) is 5.58. The zero-order valence-corrected chi connectivity index (χ0v) is 13.8. The molecule has 0 aromatic carbocycles. The molecule has 0 bridgehead atoms. The van der Waals surface area contributed by atoms with Gasteiger partial charge in [0.05, 0.1) is 18.8 Å². The summed E-state index contributed by atoms with van der Waals surface area (Å²) >= 11 is 3.64. The first-order valence-corrected chi connectivity index (χ1v) is 8.51. The molecule has 0 unspecified atom stereocenters. The Morgan fingerprint density at radius 2 is 1.89 bits per heavy atom. The molecule has 0 spiro atoms. The highest BCUT2D eigenvalue weighted by atomic mass is 79.9. The fourth-order valence-electron chi connectivity index (χ4n) is 2.56. The molecule has 0 N–H and O–H groups in total. The van der Waals surface area contributed by atoms with E-state index in [1.54, 1.807) is 0 Å². The molecule has 2 nitrogen and oxygen atoms in total. The summed E-state index contributed by atoms with van der Waals surface area (Å²) in [5.41, 5.74) is 0.0763. The second-order valence-corrected chi connectivity index (χ2v) is 6.55. The van der Waals surface area contributed by atoms with Crippen LogP contribution < -0.4 is 0 Å². The molecule has 0 amide bonds. The molecule has 0 aromatic rings. The number of ether oxygens (including phenoxy) is 2. The van der Waals surface area contributed by atoms with Crippen molar-refractivity contribution in [3.8, 4) is 0 Å². The van der Waals surface area contributed by atoms with Crippen molar-refractivity contribution in [3.05, 3.63) is 0 Å². The zero-order valence-electron chi connectivity index (χ0n) is 12.2. The van der Waals surface area contributed by atoms with Gasteiger partial charge in [-0.1, -0.05) is 43.1 Å². The Kier molecular flexibility index (Phi) is 7.81. The molecule has 0 aromatic heterocycles. The van der Waals surface area contributed by atoms with Gasteiger partial charge in [0.25, 0.3) is 0 Å². The highest BCUT2D eigenvalue weighted by Gasteiger charge is 2.34. The minimum absolute atomic E-state index is 0.0763. The first kappa shape index (κ1) is 16.5. The van der Waals surface area contributed by atoms with Crippen LogP contribution in [0.5, 0.6) is 0 Å².